The third-order valence-electron chi connectivity index (χ3n) is 1.87. The Kier molecular flexibility index (Phi) is 4.58. The molecule has 1 aromatic rings. The van der Waals surface area contributed by atoms with Crippen LogP contribution >= 0.6 is 23.2 Å². The first kappa shape index (κ1) is 12.8. The molecule has 6 heteroatoms. The van der Waals surface area contributed by atoms with Gasteiger partial charge >= 0.3 is 5.97 Å². The monoisotopic (exact) mass is 261 g/mol. The van der Waals surface area contributed by atoms with Crippen LogP contribution in [0.4, 0.5) is 0 Å². The number of hydrogen-bond acceptors (Lipinski definition) is 2. The number of hydrogen-bond donors (Lipinski definition) is 2. The van der Waals surface area contributed by atoms with Crippen LogP contribution in [0.15, 0.2) is 18.2 Å². The van der Waals surface area contributed by atoms with Gasteiger partial charge in [-0.1, -0.05) is 17.7 Å². The van der Waals surface area contributed by atoms with Crippen molar-refractivity contribution in [1.29, 1.82) is 0 Å². The molecule has 1 rings (SSSR count). The molecule has 2 N–H and O–H groups in total. The van der Waals surface area contributed by atoms with Crippen molar-refractivity contribution in [2.75, 3.05) is 5.88 Å². The minimum absolute atomic E-state index is 0.0132. The van der Waals surface area contributed by atoms with Crippen molar-refractivity contribution >= 4 is 35.1 Å². The molecule has 0 saturated carbocycles. The number of carboxylic acids is 1. The van der Waals surface area contributed by atoms with Crippen LogP contribution in [0.25, 0.3) is 0 Å². The quantitative estimate of drug-likeness (QED) is 0.814. The number of benzene rings is 1. The second-order valence-electron chi connectivity index (χ2n) is 3.03. The predicted octanol–water partition coefficient (Wildman–Crippen LogP) is 1.89. The van der Waals surface area contributed by atoms with Gasteiger partial charge in [-0.15, -0.1) is 11.6 Å². The second kappa shape index (κ2) is 5.72. The highest BCUT2D eigenvalue weighted by Crippen LogP contribution is 2.17. The zero-order valence-electron chi connectivity index (χ0n) is 8.17. The molecule has 0 atom stereocenters. The summed E-state index contributed by atoms with van der Waals surface area (Å²) in [5.41, 5.74) is 0.666. The van der Waals surface area contributed by atoms with Crippen LogP contribution in [-0.4, -0.2) is 22.9 Å². The topological polar surface area (TPSA) is 66.4 Å². The average molecular weight is 262 g/mol. The molecular weight excluding hydrogens is 253 g/mol. The maximum absolute atomic E-state index is 10.9. The van der Waals surface area contributed by atoms with Gasteiger partial charge in [0.15, 0.2) is 0 Å². The summed E-state index contributed by atoms with van der Waals surface area (Å²) in [6, 6.07) is 4.54. The van der Waals surface area contributed by atoms with E-state index in [4.69, 9.17) is 28.3 Å². The van der Waals surface area contributed by atoms with E-state index in [-0.39, 0.29) is 28.9 Å². The zero-order valence-corrected chi connectivity index (χ0v) is 9.68. The SMILES string of the molecule is O=C(CCl)NCc1ccc(Cl)c(C(=O)O)c1. The fourth-order valence-corrected chi connectivity index (χ4v) is 1.39. The lowest BCUT2D eigenvalue weighted by Gasteiger charge is -2.05. The van der Waals surface area contributed by atoms with Crippen molar-refractivity contribution < 1.29 is 14.7 Å². The lowest BCUT2D eigenvalue weighted by Crippen LogP contribution is -2.23. The van der Waals surface area contributed by atoms with Crippen molar-refractivity contribution in [2.24, 2.45) is 0 Å². The standard InChI is InChI=1S/C10H9Cl2NO3/c11-4-9(14)13-5-6-1-2-8(12)7(3-6)10(15)16/h1-3H,4-5H2,(H,13,14)(H,15,16). The molecule has 0 aromatic heterocycles. The van der Waals surface area contributed by atoms with Crippen LogP contribution < -0.4 is 5.32 Å². The highest BCUT2D eigenvalue weighted by atomic mass is 35.5. The van der Waals surface area contributed by atoms with E-state index >= 15 is 0 Å². The first-order valence-electron chi connectivity index (χ1n) is 4.39. The van der Waals surface area contributed by atoms with E-state index in [0.717, 1.165) is 0 Å². The van der Waals surface area contributed by atoms with Gasteiger partial charge in [0, 0.05) is 6.54 Å². The summed E-state index contributed by atoms with van der Waals surface area (Å²) in [7, 11) is 0. The van der Waals surface area contributed by atoms with Gasteiger partial charge in [0.25, 0.3) is 0 Å². The Balaban J connectivity index is 2.79. The van der Waals surface area contributed by atoms with Gasteiger partial charge < -0.3 is 10.4 Å². The summed E-state index contributed by atoms with van der Waals surface area (Å²) in [6.45, 7) is 0.225. The van der Waals surface area contributed by atoms with E-state index in [9.17, 15) is 9.59 Å². The van der Waals surface area contributed by atoms with Gasteiger partial charge in [0.2, 0.25) is 5.91 Å². The molecule has 0 unspecified atom stereocenters. The summed E-state index contributed by atoms with van der Waals surface area (Å²) in [4.78, 5) is 21.7. The lowest BCUT2D eigenvalue weighted by molar-refractivity contribution is -0.118. The summed E-state index contributed by atoms with van der Waals surface area (Å²) in [5, 5.41) is 11.5. The van der Waals surface area contributed by atoms with Crippen LogP contribution in [0.3, 0.4) is 0 Å². The predicted molar refractivity (Wildman–Crippen MR) is 61.0 cm³/mol. The number of amides is 1. The fraction of sp³-hybridized carbons (Fsp3) is 0.200. The van der Waals surface area contributed by atoms with Crippen LogP contribution in [0, 0.1) is 0 Å². The molecule has 0 heterocycles. The highest BCUT2D eigenvalue weighted by Gasteiger charge is 2.09. The zero-order chi connectivity index (χ0) is 12.1. The van der Waals surface area contributed by atoms with Crippen LogP contribution in [0.1, 0.15) is 15.9 Å². The van der Waals surface area contributed by atoms with E-state index in [2.05, 4.69) is 5.32 Å². The van der Waals surface area contributed by atoms with Gasteiger partial charge in [-0.05, 0) is 17.7 Å². The Labute approximate surface area is 102 Å². The number of carbonyl (C=O) groups excluding carboxylic acids is 1. The van der Waals surface area contributed by atoms with Crippen molar-refractivity contribution in [3.63, 3.8) is 0 Å². The van der Waals surface area contributed by atoms with E-state index < -0.39 is 5.97 Å². The number of alkyl halides is 1. The molecule has 1 aromatic carbocycles. The summed E-state index contributed by atoms with van der Waals surface area (Å²) >= 11 is 11.0. The Morgan fingerprint density at radius 3 is 2.62 bits per heavy atom. The number of nitrogens with one attached hydrogen (secondary N) is 1. The Morgan fingerprint density at radius 1 is 1.38 bits per heavy atom. The maximum Gasteiger partial charge on any atom is 0.337 e. The molecule has 0 aliphatic carbocycles. The van der Waals surface area contributed by atoms with Gasteiger partial charge in [-0.3, -0.25) is 4.79 Å². The highest BCUT2D eigenvalue weighted by molar-refractivity contribution is 6.33. The van der Waals surface area contributed by atoms with Crippen molar-refractivity contribution in [3.05, 3.63) is 34.3 Å². The average Bonchev–Trinajstić information content (AvgIpc) is 2.27. The molecule has 0 radical (unpaired) electrons. The van der Waals surface area contributed by atoms with Crippen LogP contribution in [0.2, 0.25) is 5.02 Å². The number of rotatable bonds is 4. The second-order valence-corrected chi connectivity index (χ2v) is 3.70. The number of halogens is 2. The summed E-state index contributed by atoms with van der Waals surface area (Å²) in [6.07, 6.45) is 0. The number of carboxylic acid groups (broad SMARTS) is 1. The molecule has 0 spiro atoms. The van der Waals surface area contributed by atoms with Gasteiger partial charge in [0.05, 0.1) is 10.6 Å². The van der Waals surface area contributed by atoms with Crippen LogP contribution in [-0.2, 0) is 11.3 Å². The third kappa shape index (κ3) is 3.40. The molecule has 0 aliphatic rings. The number of carbonyl (C=O) groups is 2. The Morgan fingerprint density at radius 2 is 2.06 bits per heavy atom. The minimum Gasteiger partial charge on any atom is -0.478 e. The number of aromatic carboxylic acids is 1. The maximum atomic E-state index is 10.9. The molecule has 0 saturated heterocycles. The van der Waals surface area contributed by atoms with Gasteiger partial charge in [-0.25, -0.2) is 4.79 Å². The van der Waals surface area contributed by atoms with Crippen molar-refractivity contribution in [2.45, 2.75) is 6.54 Å². The molecular formula is C10H9Cl2NO3. The molecule has 16 heavy (non-hydrogen) atoms. The largest absolute Gasteiger partial charge is 0.478 e. The van der Waals surface area contributed by atoms with Crippen molar-refractivity contribution in [1.82, 2.24) is 5.32 Å². The Bertz CT molecular complexity index is 421. The van der Waals surface area contributed by atoms with E-state index in [1.54, 1.807) is 6.07 Å². The minimum atomic E-state index is -1.10. The lowest BCUT2D eigenvalue weighted by atomic mass is 10.1. The first-order chi connectivity index (χ1) is 7.54. The molecule has 86 valence electrons. The normalized spacial score (nSPS) is 9.88. The molecule has 0 bridgehead atoms. The molecule has 0 aliphatic heterocycles. The molecule has 0 fully saturated rings. The third-order valence-corrected chi connectivity index (χ3v) is 2.44. The molecule has 1 amide bonds. The summed E-state index contributed by atoms with van der Waals surface area (Å²) < 4.78 is 0. The van der Waals surface area contributed by atoms with E-state index in [1.165, 1.54) is 12.1 Å². The summed E-state index contributed by atoms with van der Waals surface area (Å²) in [5.74, 6) is -1.54. The Hall–Kier alpha value is -1.26. The van der Waals surface area contributed by atoms with Gasteiger partial charge in [0.1, 0.15) is 5.88 Å². The molecule has 4 nitrogen and oxygen atoms in total. The fourth-order valence-electron chi connectivity index (χ4n) is 1.09. The van der Waals surface area contributed by atoms with Crippen LogP contribution in [0.5, 0.6) is 0 Å². The van der Waals surface area contributed by atoms with E-state index in [0.29, 0.717) is 5.56 Å². The van der Waals surface area contributed by atoms with Crippen molar-refractivity contribution in [3.8, 4) is 0 Å². The first-order valence-corrected chi connectivity index (χ1v) is 5.30. The van der Waals surface area contributed by atoms with E-state index in [1.807, 2.05) is 0 Å². The van der Waals surface area contributed by atoms with Gasteiger partial charge in [-0.2, -0.15) is 0 Å². The smallest absolute Gasteiger partial charge is 0.337 e.